The maximum absolute atomic E-state index is 13.5. The minimum Gasteiger partial charge on any atom is -0.292 e. The van der Waals surface area contributed by atoms with Crippen molar-refractivity contribution in [1.82, 2.24) is 4.90 Å². The van der Waals surface area contributed by atoms with E-state index in [9.17, 15) is 8.78 Å². The smallest absolute Gasteiger partial charge is 0.123 e. The summed E-state index contributed by atoms with van der Waals surface area (Å²) in [6.45, 7) is 1.95. The number of piperidine rings is 1. The van der Waals surface area contributed by atoms with Crippen LogP contribution in [0.1, 0.15) is 42.0 Å². The molecule has 0 N–H and O–H groups in total. The summed E-state index contributed by atoms with van der Waals surface area (Å²) in [6.07, 6.45) is 7.82. The van der Waals surface area contributed by atoms with Gasteiger partial charge in [-0.3, -0.25) is 4.90 Å². The number of benzene rings is 3. The van der Waals surface area contributed by atoms with Gasteiger partial charge in [-0.2, -0.15) is 0 Å². The molecule has 4 rings (SSSR count). The molecule has 154 valence electrons. The number of allylic oxidation sites excluding steroid dienone is 1. The molecule has 0 saturated carbocycles. The Balaban J connectivity index is 1.43. The van der Waals surface area contributed by atoms with Gasteiger partial charge in [-0.1, -0.05) is 66.7 Å². The first kappa shape index (κ1) is 20.5. The van der Waals surface area contributed by atoms with E-state index in [1.54, 1.807) is 0 Å². The van der Waals surface area contributed by atoms with Crippen molar-refractivity contribution >= 4 is 6.08 Å². The Bertz CT molecular complexity index is 895. The van der Waals surface area contributed by atoms with E-state index in [0.29, 0.717) is 5.92 Å². The molecule has 1 fully saturated rings. The molecule has 1 saturated heterocycles. The van der Waals surface area contributed by atoms with Gasteiger partial charge in [-0.05, 0) is 79.2 Å². The predicted molar refractivity (Wildman–Crippen MR) is 119 cm³/mol. The van der Waals surface area contributed by atoms with Gasteiger partial charge in [-0.25, -0.2) is 8.78 Å². The molecule has 0 amide bonds. The van der Waals surface area contributed by atoms with E-state index in [-0.39, 0.29) is 17.7 Å². The van der Waals surface area contributed by atoms with Crippen LogP contribution >= 0.6 is 0 Å². The fourth-order valence-corrected chi connectivity index (χ4v) is 4.31. The van der Waals surface area contributed by atoms with Crippen LogP contribution in [0, 0.1) is 17.6 Å². The monoisotopic (exact) mass is 403 g/mol. The summed E-state index contributed by atoms with van der Waals surface area (Å²) in [5.74, 6) is 0.198. The average Bonchev–Trinajstić information content (AvgIpc) is 2.78. The molecule has 3 heteroatoms. The zero-order valence-corrected chi connectivity index (χ0v) is 17.1. The van der Waals surface area contributed by atoms with Gasteiger partial charge in [0.25, 0.3) is 0 Å². The van der Waals surface area contributed by atoms with Crippen molar-refractivity contribution in [1.29, 1.82) is 0 Å². The van der Waals surface area contributed by atoms with Crippen LogP contribution in [0.3, 0.4) is 0 Å². The number of likely N-dealkylation sites (tertiary alicyclic amines) is 1. The van der Waals surface area contributed by atoms with Gasteiger partial charge in [0.1, 0.15) is 11.6 Å². The van der Waals surface area contributed by atoms with Crippen LogP contribution in [-0.4, -0.2) is 18.0 Å². The molecular formula is C27H27F2N. The third kappa shape index (κ3) is 5.22. The second-order valence-corrected chi connectivity index (χ2v) is 8.03. The van der Waals surface area contributed by atoms with E-state index in [0.717, 1.165) is 43.5 Å². The van der Waals surface area contributed by atoms with Crippen LogP contribution in [0.5, 0.6) is 0 Å². The lowest BCUT2D eigenvalue weighted by Gasteiger charge is -2.38. The van der Waals surface area contributed by atoms with Crippen LogP contribution in [0.2, 0.25) is 0 Å². The van der Waals surface area contributed by atoms with Gasteiger partial charge in [0, 0.05) is 0 Å². The minimum absolute atomic E-state index is 0.0204. The van der Waals surface area contributed by atoms with E-state index < -0.39 is 0 Å². The molecule has 0 spiro atoms. The highest BCUT2D eigenvalue weighted by Gasteiger charge is 2.27. The molecule has 3 aromatic carbocycles. The molecule has 30 heavy (non-hydrogen) atoms. The van der Waals surface area contributed by atoms with Crippen molar-refractivity contribution in [2.24, 2.45) is 5.92 Å². The first-order valence-electron chi connectivity index (χ1n) is 10.7. The third-order valence-electron chi connectivity index (χ3n) is 5.97. The van der Waals surface area contributed by atoms with E-state index in [1.165, 1.54) is 29.8 Å². The lowest BCUT2D eigenvalue weighted by Crippen LogP contribution is -2.37. The molecule has 1 heterocycles. The average molecular weight is 404 g/mol. The maximum atomic E-state index is 13.5. The van der Waals surface area contributed by atoms with Crippen LogP contribution < -0.4 is 0 Å². The Morgan fingerprint density at radius 1 is 0.767 bits per heavy atom. The highest BCUT2D eigenvalue weighted by Crippen LogP contribution is 2.33. The molecule has 1 aliphatic heterocycles. The van der Waals surface area contributed by atoms with Gasteiger partial charge >= 0.3 is 0 Å². The van der Waals surface area contributed by atoms with E-state index >= 15 is 0 Å². The number of hydrogen-bond acceptors (Lipinski definition) is 1. The van der Waals surface area contributed by atoms with Crippen LogP contribution in [0.4, 0.5) is 8.78 Å². The Morgan fingerprint density at radius 2 is 1.30 bits per heavy atom. The summed E-state index contributed by atoms with van der Waals surface area (Å²) in [4.78, 5) is 2.44. The highest BCUT2D eigenvalue weighted by molar-refractivity contribution is 5.48. The van der Waals surface area contributed by atoms with Crippen molar-refractivity contribution in [3.05, 3.63) is 113 Å². The van der Waals surface area contributed by atoms with Gasteiger partial charge in [-0.15, -0.1) is 0 Å². The summed E-state index contributed by atoms with van der Waals surface area (Å²) < 4.78 is 26.9. The zero-order valence-electron chi connectivity index (χ0n) is 17.1. The molecule has 1 nitrogen and oxygen atoms in total. The Kier molecular flexibility index (Phi) is 6.70. The molecular weight excluding hydrogens is 376 g/mol. The minimum atomic E-state index is -0.236. The van der Waals surface area contributed by atoms with Crippen molar-refractivity contribution < 1.29 is 8.78 Å². The molecule has 0 aromatic heterocycles. The summed E-state index contributed by atoms with van der Waals surface area (Å²) in [5.41, 5.74) is 3.33. The van der Waals surface area contributed by atoms with E-state index in [1.807, 2.05) is 30.3 Å². The fraction of sp³-hybridized carbons (Fsp3) is 0.259. The van der Waals surface area contributed by atoms with Gasteiger partial charge < -0.3 is 0 Å². The predicted octanol–water partition coefficient (Wildman–Crippen LogP) is 6.87. The quantitative estimate of drug-likeness (QED) is 0.434. The van der Waals surface area contributed by atoms with E-state index in [2.05, 4.69) is 41.3 Å². The van der Waals surface area contributed by atoms with Crippen molar-refractivity contribution in [2.75, 3.05) is 13.1 Å². The summed E-state index contributed by atoms with van der Waals surface area (Å²) in [6, 6.07) is 23.8. The number of hydrogen-bond donors (Lipinski definition) is 0. The first-order chi connectivity index (χ1) is 14.7. The Labute approximate surface area is 177 Å². The van der Waals surface area contributed by atoms with Crippen LogP contribution in [0.25, 0.3) is 6.08 Å². The number of rotatable bonds is 6. The van der Waals surface area contributed by atoms with E-state index in [4.69, 9.17) is 0 Å². The molecule has 0 unspecified atom stereocenters. The van der Waals surface area contributed by atoms with Crippen molar-refractivity contribution in [3.63, 3.8) is 0 Å². The standard InChI is InChI=1S/C27H27F2N/c28-25-13-9-23(10-14-25)27(24-11-15-26(29)16-12-24)30-19-17-22(18-20-30)8-4-7-21-5-2-1-3-6-21/h1-7,9-16,22,27H,8,17-20H2/b7-4+. The summed E-state index contributed by atoms with van der Waals surface area (Å²) in [7, 11) is 0. The normalized spacial score (nSPS) is 15.8. The molecule has 0 bridgehead atoms. The lowest BCUT2D eigenvalue weighted by molar-refractivity contribution is 0.152. The molecule has 3 aromatic rings. The molecule has 0 atom stereocenters. The third-order valence-corrected chi connectivity index (χ3v) is 5.97. The molecule has 0 radical (unpaired) electrons. The Hall–Kier alpha value is -2.78. The number of halogens is 2. The van der Waals surface area contributed by atoms with Crippen LogP contribution in [-0.2, 0) is 0 Å². The van der Waals surface area contributed by atoms with Crippen molar-refractivity contribution in [2.45, 2.75) is 25.3 Å². The summed E-state index contributed by atoms with van der Waals surface area (Å²) in [5, 5.41) is 0. The molecule has 0 aliphatic carbocycles. The van der Waals surface area contributed by atoms with Gasteiger partial charge in [0.05, 0.1) is 6.04 Å². The second-order valence-electron chi connectivity index (χ2n) is 8.03. The van der Waals surface area contributed by atoms with Gasteiger partial charge in [0.2, 0.25) is 0 Å². The zero-order chi connectivity index (χ0) is 20.8. The SMILES string of the molecule is Fc1ccc(C(c2ccc(F)cc2)N2CCC(C/C=C/c3ccccc3)CC2)cc1. The van der Waals surface area contributed by atoms with Crippen molar-refractivity contribution in [3.8, 4) is 0 Å². The number of nitrogens with zero attached hydrogens (tertiary/aromatic N) is 1. The highest BCUT2D eigenvalue weighted by atomic mass is 19.1. The van der Waals surface area contributed by atoms with Crippen LogP contribution in [0.15, 0.2) is 84.9 Å². The molecule has 1 aliphatic rings. The summed E-state index contributed by atoms with van der Waals surface area (Å²) >= 11 is 0. The topological polar surface area (TPSA) is 3.24 Å². The Morgan fingerprint density at radius 3 is 1.83 bits per heavy atom. The second kappa shape index (κ2) is 9.82. The largest absolute Gasteiger partial charge is 0.292 e. The van der Waals surface area contributed by atoms with Gasteiger partial charge in [0.15, 0.2) is 0 Å². The lowest BCUT2D eigenvalue weighted by atomic mass is 9.89. The fourth-order valence-electron chi connectivity index (χ4n) is 4.31. The first-order valence-corrected chi connectivity index (χ1v) is 10.7. The maximum Gasteiger partial charge on any atom is 0.123 e.